The molecule has 0 amide bonds. The Hall–Kier alpha value is 0.180. The highest BCUT2D eigenvalue weighted by molar-refractivity contribution is 8.02. The SMILES string of the molecule is O=S(=O)(O)OSCCCCO. The van der Waals surface area contributed by atoms with Crippen LogP contribution in [0.1, 0.15) is 12.8 Å². The highest BCUT2D eigenvalue weighted by Crippen LogP contribution is 2.08. The Morgan fingerprint density at radius 3 is 2.45 bits per heavy atom. The molecule has 5 nitrogen and oxygen atoms in total. The Balaban J connectivity index is 3.16. The van der Waals surface area contributed by atoms with Gasteiger partial charge in [-0.15, -0.1) is 0 Å². The Kier molecular flexibility index (Phi) is 5.88. The van der Waals surface area contributed by atoms with Gasteiger partial charge >= 0.3 is 10.4 Å². The van der Waals surface area contributed by atoms with Crippen LogP contribution in [-0.4, -0.2) is 30.4 Å². The molecule has 68 valence electrons. The van der Waals surface area contributed by atoms with Crippen LogP contribution in [0, 0.1) is 0 Å². The molecular formula is C4H10O5S2. The molecule has 0 atom stereocenters. The molecule has 0 aliphatic heterocycles. The van der Waals surface area contributed by atoms with Gasteiger partial charge in [-0.2, -0.15) is 12.0 Å². The summed E-state index contributed by atoms with van der Waals surface area (Å²) < 4.78 is 31.8. The standard InChI is InChI=1S/C4H10O5S2/c5-3-1-2-4-10-9-11(6,7)8/h5H,1-4H2,(H,6,7,8). The fourth-order valence-electron chi connectivity index (χ4n) is 0.368. The van der Waals surface area contributed by atoms with Crippen LogP contribution in [0.25, 0.3) is 0 Å². The molecule has 0 bridgehead atoms. The van der Waals surface area contributed by atoms with Crippen LogP contribution >= 0.6 is 12.0 Å². The summed E-state index contributed by atoms with van der Waals surface area (Å²) in [6.07, 6.45) is 1.25. The van der Waals surface area contributed by atoms with Gasteiger partial charge in [-0.05, 0) is 12.8 Å². The van der Waals surface area contributed by atoms with Gasteiger partial charge in [0.2, 0.25) is 0 Å². The molecule has 0 aliphatic rings. The van der Waals surface area contributed by atoms with Crippen LogP contribution in [0.3, 0.4) is 0 Å². The molecule has 7 heteroatoms. The van der Waals surface area contributed by atoms with Gasteiger partial charge in [-0.1, -0.05) is 0 Å². The molecule has 0 aromatic rings. The van der Waals surface area contributed by atoms with E-state index in [4.69, 9.17) is 9.66 Å². The summed E-state index contributed by atoms with van der Waals surface area (Å²) in [5.74, 6) is 0.431. The number of aliphatic hydroxyl groups excluding tert-OH is 1. The number of hydrogen-bond donors (Lipinski definition) is 2. The van der Waals surface area contributed by atoms with Crippen LogP contribution < -0.4 is 0 Å². The fraction of sp³-hybridized carbons (Fsp3) is 1.00. The van der Waals surface area contributed by atoms with Gasteiger partial charge in [0.25, 0.3) is 0 Å². The Morgan fingerprint density at radius 1 is 1.36 bits per heavy atom. The van der Waals surface area contributed by atoms with E-state index in [0.29, 0.717) is 30.6 Å². The van der Waals surface area contributed by atoms with Gasteiger partial charge in [0, 0.05) is 24.4 Å². The van der Waals surface area contributed by atoms with Crippen molar-refractivity contribution in [2.24, 2.45) is 0 Å². The normalized spacial score (nSPS) is 11.8. The van der Waals surface area contributed by atoms with Crippen molar-refractivity contribution >= 4 is 22.4 Å². The minimum atomic E-state index is -4.31. The van der Waals surface area contributed by atoms with Crippen LogP contribution in [0.5, 0.6) is 0 Å². The number of hydrogen-bond acceptors (Lipinski definition) is 5. The van der Waals surface area contributed by atoms with Crippen LogP contribution in [0.4, 0.5) is 0 Å². The summed E-state index contributed by atoms with van der Waals surface area (Å²) in [6.45, 7) is 0.0758. The van der Waals surface area contributed by atoms with Crippen LogP contribution in [0.2, 0.25) is 0 Å². The van der Waals surface area contributed by atoms with E-state index in [1.165, 1.54) is 0 Å². The number of unbranched alkanes of at least 4 members (excludes halogenated alkanes) is 1. The Morgan fingerprint density at radius 2 is 2.00 bits per heavy atom. The summed E-state index contributed by atoms with van der Waals surface area (Å²) in [5, 5.41) is 8.31. The van der Waals surface area contributed by atoms with Crippen molar-refractivity contribution in [2.75, 3.05) is 12.4 Å². The first-order chi connectivity index (χ1) is 5.06. The maximum atomic E-state index is 9.93. The molecule has 0 aromatic carbocycles. The van der Waals surface area contributed by atoms with E-state index in [-0.39, 0.29) is 6.61 Å². The lowest BCUT2D eigenvalue weighted by Gasteiger charge is -1.96. The molecular weight excluding hydrogens is 192 g/mol. The fourth-order valence-corrected chi connectivity index (χ4v) is 1.45. The Bertz CT molecular complexity index is 175. The topological polar surface area (TPSA) is 83.8 Å². The predicted octanol–water partition coefficient (Wildman–Crippen LogP) is 0.227. The largest absolute Gasteiger partial charge is 0.408 e. The minimum Gasteiger partial charge on any atom is -0.396 e. The summed E-state index contributed by atoms with van der Waals surface area (Å²) in [5.41, 5.74) is 0. The Labute approximate surface area is 69.9 Å². The maximum absolute atomic E-state index is 9.93. The molecule has 0 saturated carbocycles. The molecule has 0 rings (SSSR count). The second-order valence-electron chi connectivity index (χ2n) is 1.75. The number of rotatable bonds is 6. The smallest absolute Gasteiger partial charge is 0.396 e. The van der Waals surface area contributed by atoms with Crippen molar-refractivity contribution in [2.45, 2.75) is 12.8 Å². The highest BCUT2D eigenvalue weighted by Gasteiger charge is 2.03. The second-order valence-corrected chi connectivity index (χ2v) is 3.79. The molecule has 0 fully saturated rings. The lowest BCUT2D eigenvalue weighted by molar-refractivity contribution is 0.287. The molecule has 0 radical (unpaired) electrons. The molecule has 0 unspecified atom stereocenters. The average molecular weight is 202 g/mol. The van der Waals surface area contributed by atoms with Gasteiger partial charge in [-0.3, -0.25) is 4.55 Å². The molecule has 0 aliphatic carbocycles. The van der Waals surface area contributed by atoms with Crippen molar-refractivity contribution in [1.29, 1.82) is 0 Å². The zero-order chi connectivity index (χ0) is 8.74. The van der Waals surface area contributed by atoms with Crippen molar-refractivity contribution in [3.05, 3.63) is 0 Å². The number of aliphatic hydroxyl groups is 1. The van der Waals surface area contributed by atoms with E-state index in [2.05, 4.69) is 3.63 Å². The van der Waals surface area contributed by atoms with E-state index >= 15 is 0 Å². The van der Waals surface area contributed by atoms with Crippen molar-refractivity contribution in [3.8, 4) is 0 Å². The van der Waals surface area contributed by atoms with Gasteiger partial charge in [-0.25, -0.2) is 0 Å². The molecule has 2 N–H and O–H groups in total. The second kappa shape index (κ2) is 5.78. The van der Waals surface area contributed by atoms with E-state index in [0.717, 1.165) is 0 Å². The third kappa shape index (κ3) is 10.2. The van der Waals surface area contributed by atoms with Crippen molar-refractivity contribution < 1.29 is 21.7 Å². The molecule has 11 heavy (non-hydrogen) atoms. The first-order valence-corrected chi connectivity index (χ1v) is 5.23. The summed E-state index contributed by atoms with van der Waals surface area (Å²) >= 11 is 0.651. The lowest BCUT2D eigenvalue weighted by Crippen LogP contribution is -1.97. The quantitative estimate of drug-likeness (QED) is 0.364. The van der Waals surface area contributed by atoms with E-state index < -0.39 is 10.4 Å². The lowest BCUT2D eigenvalue weighted by atomic mass is 10.4. The van der Waals surface area contributed by atoms with Crippen molar-refractivity contribution in [3.63, 3.8) is 0 Å². The molecule has 0 saturated heterocycles. The summed E-state index contributed by atoms with van der Waals surface area (Å²) in [6, 6.07) is 0. The molecule has 0 heterocycles. The van der Waals surface area contributed by atoms with Gasteiger partial charge < -0.3 is 5.11 Å². The van der Waals surface area contributed by atoms with Gasteiger partial charge in [0.1, 0.15) is 0 Å². The summed E-state index contributed by atoms with van der Waals surface area (Å²) in [4.78, 5) is 0. The third-order valence-corrected chi connectivity index (χ3v) is 2.30. The van der Waals surface area contributed by atoms with Crippen molar-refractivity contribution in [1.82, 2.24) is 0 Å². The third-order valence-electron chi connectivity index (χ3n) is 0.770. The van der Waals surface area contributed by atoms with E-state index in [9.17, 15) is 8.42 Å². The van der Waals surface area contributed by atoms with Crippen LogP contribution in [0.15, 0.2) is 0 Å². The zero-order valence-electron chi connectivity index (χ0n) is 5.76. The highest BCUT2D eigenvalue weighted by atomic mass is 32.3. The molecule has 0 aromatic heterocycles. The first-order valence-electron chi connectivity index (χ1n) is 2.95. The summed E-state index contributed by atoms with van der Waals surface area (Å²) in [7, 11) is -4.31. The minimum absolute atomic E-state index is 0.0758. The first kappa shape index (κ1) is 11.2. The zero-order valence-corrected chi connectivity index (χ0v) is 7.40. The van der Waals surface area contributed by atoms with Crippen LogP contribution in [-0.2, 0) is 14.0 Å². The maximum Gasteiger partial charge on any atom is 0.408 e. The van der Waals surface area contributed by atoms with Gasteiger partial charge in [0.05, 0.1) is 0 Å². The molecule has 0 spiro atoms. The predicted molar refractivity (Wildman–Crippen MR) is 41.4 cm³/mol. The monoisotopic (exact) mass is 202 g/mol. The van der Waals surface area contributed by atoms with E-state index in [1.54, 1.807) is 0 Å². The van der Waals surface area contributed by atoms with E-state index in [1.807, 2.05) is 0 Å². The van der Waals surface area contributed by atoms with Gasteiger partial charge in [0.15, 0.2) is 0 Å². The average Bonchev–Trinajstić information content (AvgIpc) is 1.85.